The Hall–Kier alpha value is -1.38. The van der Waals surface area contributed by atoms with Crippen molar-refractivity contribution in [2.75, 3.05) is 6.61 Å². The van der Waals surface area contributed by atoms with Crippen molar-refractivity contribution in [1.29, 1.82) is 0 Å². The zero-order valence-corrected chi connectivity index (χ0v) is 10.7. The molecule has 0 bridgehead atoms. The highest BCUT2D eigenvalue weighted by Crippen LogP contribution is 2.39. The van der Waals surface area contributed by atoms with Crippen LogP contribution < -0.4 is 0 Å². The molecule has 1 aliphatic carbocycles. The maximum absolute atomic E-state index is 11.8. The van der Waals surface area contributed by atoms with Gasteiger partial charge < -0.3 is 4.74 Å². The summed E-state index contributed by atoms with van der Waals surface area (Å²) in [7, 11) is 0. The minimum Gasteiger partial charge on any atom is -0.462 e. The van der Waals surface area contributed by atoms with E-state index in [0.29, 0.717) is 18.1 Å². The minimum absolute atomic E-state index is 0.244. The normalized spacial score (nSPS) is 15.1. The third kappa shape index (κ3) is 2.65. The Morgan fingerprint density at radius 3 is 2.71 bits per heavy atom. The lowest BCUT2D eigenvalue weighted by Crippen LogP contribution is -2.11. The molecule has 1 aliphatic rings. The summed E-state index contributed by atoms with van der Waals surface area (Å²) in [4.78, 5) is 16.4. The molecule has 0 radical (unpaired) electrons. The number of hydrogen-bond donors (Lipinski definition) is 0. The van der Waals surface area contributed by atoms with Crippen molar-refractivity contribution in [3.05, 3.63) is 29.1 Å². The van der Waals surface area contributed by atoms with Crippen LogP contribution in [0.1, 0.15) is 67.2 Å². The van der Waals surface area contributed by atoms with E-state index in [4.69, 9.17) is 4.74 Å². The van der Waals surface area contributed by atoms with E-state index in [1.807, 2.05) is 19.1 Å². The third-order valence-electron chi connectivity index (χ3n) is 2.98. The minimum atomic E-state index is -0.258. The van der Waals surface area contributed by atoms with Crippen LogP contribution in [0.2, 0.25) is 0 Å². The number of nitrogens with zero attached hydrogens (tertiary/aromatic N) is 1. The molecule has 1 heterocycles. The monoisotopic (exact) mass is 233 g/mol. The molecule has 0 aliphatic heterocycles. The van der Waals surface area contributed by atoms with E-state index < -0.39 is 0 Å². The van der Waals surface area contributed by atoms with Gasteiger partial charge in [-0.3, -0.25) is 4.98 Å². The van der Waals surface area contributed by atoms with Gasteiger partial charge in [0.05, 0.1) is 17.9 Å². The van der Waals surface area contributed by atoms with Crippen LogP contribution in [0.4, 0.5) is 0 Å². The Morgan fingerprint density at radius 2 is 2.18 bits per heavy atom. The fourth-order valence-electron chi connectivity index (χ4n) is 1.92. The zero-order valence-electron chi connectivity index (χ0n) is 10.7. The van der Waals surface area contributed by atoms with Gasteiger partial charge >= 0.3 is 5.97 Å². The summed E-state index contributed by atoms with van der Waals surface area (Å²) in [5.41, 5.74) is 2.61. The van der Waals surface area contributed by atoms with Crippen LogP contribution in [-0.2, 0) is 4.74 Å². The Balaban J connectivity index is 2.33. The third-order valence-corrected chi connectivity index (χ3v) is 2.98. The van der Waals surface area contributed by atoms with Crippen LogP contribution in [0.3, 0.4) is 0 Å². The molecule has 0 N–H and O–H groups in total. The van der Waals surface area contributed by atoms with E-state index in [1.165, 1.54) is 12.8 Å². The van der Waals surface area contributed by atoms with E-state index in [9.17, 15) is 4.79 Å². The lowest BCUT2D eigenvalue weighted by Gasteiger charge is -2.12. The molecule has 1 aromatic heterocycles. The van der Waals surface area contributed by atoms with Crippen LogP contribution in [0, 0.1) is 0 Å². The first kappa shape index (κ1) is 12.1. The van der Waals surface area contributed by atoms with Crippen LogP contribution in [0.15, 0.2) is 12.1 Å². The average molecular weight is 233 g/mol. The number of pyridine rings is 1. The van der Waals surface area contributed by atoms with Gasteiger partial charge in [-0.1, -0.05) is 13.8 Å². The second-order valence-corrected chi connectivity index (χ2v) is 4.82. The molecule has 0 amide bonds. The largest absolute Gasteiger partial charge is 0.462 e. The molecule has 1 fully saturated rings. The first-order valence-electron chi connectivity index (χ1n) is 6.31. The molecule has 1 aromatic rings. The van der Waals surface area contributed by atoms with Gasteiger partial charge in [-0.25, -0.2) is 4.79 Å². The van der Waals surface area contributed by atoms with Crippen molar-refractivity contribution in [3.8, 4) is 0 Å². The number of carbonyl (C=O) groups excluding carboxylic acids is 1. The molecule has 0 spiro atoms. The average Bonchev–Trinajstić information content (AvgIpc) is 3.12. The SMILES string of the molecule is CCOC(=O)c1ccc(C2CC2)nc1C(C)C. The standard InChI is InChI=1S/C14H19NO2/c1-4-17-14(16)11-7-8-12(10-5-6-10)15-13(11)9(2)3/h7-10H,4-6H2,1-3H3. The van der Waals surface area contributed by atoms with Crippen molar-refractivity contribution < 1.29 is 9.53 Å². The lowest BCUT2D eigenvalue weighted by molar-refractivity contribution is 0.0524. The Morgan fingerprint density at radius 1 is 1.47 bits per heavy atom. The predicted molar refractivity (Wildman–Crippen MR) is 66.3 cm³/mol. The summed E-state index contributed by atoms with van der Waals surface area (Å²) in [6.07, 6.45) is 2.45. The van der Waals surface area contributed by atoms with Gasteiger partial charge in [0, 0.05) is 11.6 Å². The van der Waals surface area contributed by atoms with E-state index in [-0.39, 0.29) is 11.9 Å². The van der Waals surface area contributed by atoms with Crippen molar-refractivity contribution in [1.82, 2.24) is 4.98 Å². The predicted octanol–water partition coefficient (Wildman–Crippen LogP) is 3.26. The van der Waals surface area contributed by atoms with Crippen LogP contribution >= 0.6 is 0 Å². The summed E-state index contributed by atoms with van der Waals surface area (Å²) in [6, 6.07) is 3.84. The zero-order chi connectivity index (χ0) is 12.4. The van der Waals surface area contributed by atoms with E-state index in [0.717, 1.165) is 11.4 Å². The quantitative estimate of drug-likeness (QED) is 0.749. The van der Waals surface area contributed by atoms with Crippen molar-refractivity contribution >= 4 is 5.97 Å². The maximum atomic E-state index is 11.8. The van der Waals surface area contributed by atoms with Crippen molar-refractivity contribution in [3.63, 3.8) is 0 Å². The second kappa shape index (κ2) is 4.86. The smallest absolute Gasteiger partial charge is 0.339 e. The van der Waals surface area contributed by atoms with E-state index in [2.05, 4.69) is 18.8 Å². The van der Waals surface area contributed by atoms with Crippen LogP contribution in [0.5, 0.6) is 0 Å². The highest BCUT2D eigenvalue weighted by Gasteiger charge is 2.27. The van der Waals surface area contributed by atoms with Gasteiger partial charge in [0.15, 0.2) is 0 Å². The molecule has 0 unspecified atom stereocenters. The first-order valence-corrected chi connectivity index (χ1v) is 6.31. The number of hydrogen-bond acceptors (Lipinski definition) is 3. The number of esters is 1. The summed E-state index contributed by atoms with van der Waals surface area (Å²) in [6.45, 7) is 6.34. The van der Waals surface area contributed by atoms with Crippen LogP contribution in [0.25, 0.3) is 0 Å². The number of ether oxygens (including phenoxy) is 1. The summed E-state index contributed by atoms with van der Waals surface area (Å²) >= 11 is 0. The second-order valence-electron chi connectivity index (χ2n) is 4.82. The molecule has 3 heteroatoms. The van der Waals surface area contributed by atoms with Gasteiger partial charge in [-0.05, 0) is 37.8 Å². The molecule has 92 valence electrons. The Bertz CT molecular complexity index is 422. The van der Waals surface area contributed by atoms with Gasteiger partial charge in [-0.2, -0.15) is 0 Å². The Labute approximate surface area is 102 Å². The van der Waals surface area contributed by atoms with Gasteiger partial charge in [-0.15, -0.1) is 0 Å². The Kier molecular flexibility index (Phi) is 3.46. The lowest BCUT2D eigenvalue weighted by atomic mass is 10.0. The van der Waals surface area contributed by atoms with E-state index >= 15 is 0 Å². The summed E-state index contributed by atoms with van der Waals surface area (Å²) in [5.74, 6) is 0.600. The highest BCUT2D eigenvalue weighted by molar-refractivity contribution is 5.90. The number of carbonyl (C=O) groups is 1. The first-order chi connectivity index (χ1) is 8.13. The number of aromatic nitrogens is 1. The maximum Gasteiger partial charge on any atom is 0.339 e. The molecular weight excluding hydrogens is 214 g/mol. The molecule has 0 saturated heterocycles. The van der Waals surface area contributed by atoms with Crippen LogP contribution in [-0.4, -0.2) is 17.6 Å². The van der Waals surface area contributed by atoms with Gasteiger partial charge in [0.1, 0.15) is 0 Å². The fraction of sp³-hybridized carbons (Fsp3) is 0.571. The van der Waals surface area contributed by atoms with E-state index in [1.54, 1.807) is 0 Å². The number of rotatable bonds is 4. The highest BCUT2D eigenvalue weighted by atomic mass is 16.5. The molecular formula is C14H19NO2. The van der Waals surface area contributed by atoms with Gasteiger partial charge in [0.2, 0.25) is 0 Å². The summed E-state index contributed by atoms with van der Waals surface area (Å²) in [5, 5.41) is 0. The van der Waals surface area contributed by atoms with Crippen molar-refractivity contribution in [2.45, 2.75) is 45.4 Å². The molecule has 0 atom stereocenters. The molecule has 2 rings (SSSR count). The molecule has 17 heavy (non-hydrogen) atoms. The molecule has 3 nitrogen and oxygen atoms in total. The topological polar surface area (TPSA) is 39.2 Å². The molecule has 0 aromatic carbocycles. The van der Waals surface area contributed by atoms with Gasteiger partial charge in [0.25, 0.3) is 0 Å². The van der Waals surface area contributed by atoms with Crippen molar-refractivity contribution in [2.24, 2.45) is 0 Å². The summed E-state index contributed by atoms with van der Waals surface area (Å²) < 4.78 is 5.06. The fourth-order valence-corrected chi connectivity index (χ4v) is 1.92. The molecule has 1 saturated carbocycles.